The summed E-state index contributed by atoms with van der Waals surface area (Å²) in [6.07, 6.45) is 0. The Balaban J connectivity index is 2.20. The smallest absolute Gasteiger partial charge is 0.239 e. The second kappa shape index (κ2) is 6.43. The van der Waals surface area contributed by atoms with Gasteiger partial charge in [-0.1, -0.05) is 6.07 Å². The van der Waals surface area contributed by atoms with Crippen LogP contribution in [0.5, 0.6) is 5.88 Å². The number of thiophene rings is 1. The van der Waals surface area contributed by atoms with Crippen LogP contribution in [0.25, 0.3) is 0 Å². The van der Waals surface area contributed by atoms with Gasteiger partial charge in [0.05, 0.1) is 18.8 Å². The first-order valence-electron chi connectivity index (χ1n) is 6.41. The van der Waals surface area contributed by atoms with Crippen LogP contribution in [0.4, 0.5) is 11.5 Å². The number of ether oxygens (including phenoxy) is 1. The van der Waals surface area contributed by atoms with Crippen molar-refractivity contribution in [2.45, 2.75) is 20.4 Å². The first-order chi connectivity index (χ1) is 9.24. The van der Waals surface area contributed by atoms with Crippen LogP contribution in [0.15, 0.2) is 29.6 Å². The number of pyridine rings is 1. The van der Waals surface area contributed by atoms with E-state index in [1.807, 2.05) is 19.1 Å². The summed E-state index contributed by atoms with van der Waals surface area (Å²) in [4.78, 5) is 8.02. The largest absolute Gasteiger partial charge is 0.476 e. The second-order valence-corrected chi connectivity index (χ2v) is 5.12. The fraction of sp³-hybridized carbons (Fsp3) is 0.357. The third-order valence-electron chi connectivity index (χ3n) is 2.79. The minimum atomic E-state index is 0.518. The number of hydrogen-bond acceptors (Lipinski definition) is 5. The van der Waals surface area contributed by atoms with Crippen LogP contribution in [0, 0.1) is 0 Å². The lowest BCUT2D eigenvalue weighted by Crippen LogP contribution is -2.22. The molecule has 0 fully saturated rings. The van der Waals surface area contributed by atoms with Gasteiger partial charge in [0.2, 0.25) is 5.88 Å². The van der Waals surface area contributed by atoms with Gasteiger partial charge < -0.3 is 15.4 Å². The molecule has 2 aromatic heterocycles. The molecule has 2 aromatic rings. The van der Waals surface area contributed by atoms with Gasteiger partial charge in [-0.2, -0.15) is 4.98 Å². The van der Waals surface area contributed by atoms with Crippen molar-refractivity contribution < 1.29 is 4.74 Å². The predicted molar refractivity (Wildman–Crippen MR) is 80.9 cm³/mol. The van der Waals surface area contributed by atoms with Crippen LogP contribution in [-0.4, -0.2) is 18.1 Å². The SMILES string of the molecule is CCOc1nc(N(CC)Cc2cccs2)ccc1N. The highest BCUT2D eigenvalue weighted by atomic mass is 32.1. The molecule has 0 aliphatic heterocycles. The van der Waals surface area contributed by atoms with Gasteiger partial charge in [0.15, 0.2) is 0 Å². The Morgan fingerprint density at radius 3 is 2.79 bits per heavy atom. The molecule has 0 amide bonds. The van der Waals surface area contributed by atoms with E-state index in [0.717, 1.165) is 18.9 Å². The van der Waals surface area contributed by atoms with Crippen LogP contribution in [0.3, 0.4) is 0 Å². The Bertz CT molecular complexity index is 513. The van der Waals surface area contributed by atoms with Crippen molar-refractivity contribution in [2.24, 2.45) is 0 Å². The van der Waals surface area contributed by atoms with E-state index < -0.39 is 0 Å². The van der Waals surface area contributed by atoms with E-state index in [9.17, 15) is 0 Å². The third kappa shape index (κ3) is 3.38. The highest BCUT2D eigenvalue weighted by molar-refractivity contribution is 7.09. The van der Waals surface area contributed by atoms with Crippen molar-refractivity contribution in [3.8, 4) is 5.88 Å². The summed E-state index contributed by atoms with van der Waals surface area (Å²) >= 11 is 1.75. The van der Waals surface area contributed by atoms with Gasteiger partial charge in [-0.25, -0.2) is 0 Å². The summed E-state index contributed by atoms with van der Waals surface area (Å²) in [5.74, 6) is 1.41. The maximum Gasteiger partial charge on any atom is 0.239 e. The number of aromatic nitrogens is 1. The molecule has 0 aliphatic rings. The highest BCUT2D eigenvalue weighted by Gasteiger charge is 2.10. The Kier molecular flexibility index (Phi) is 4.63. The topological polar surface area (TPSA) is 51.4 Å². The molecule has 0 aromatic carbocycles. The number of nitrogens with zero attached hydrogens (tertiary/aromatic N) is 2. The van der Waals surface area contributed by atoms with Crippen LogP contribution in [-0.2, 0) is 6.54 Å². The van der Waals surface area contributed by atoms with Gasteiger partial charge in [0, 0.05) is 11.4 Å². The lowest BCUT2D eigenvalue weighted by atomic mass is 10.3. The first kappa shape index (κ1) is 13.7. The number of nitrogen functional groups attached to an aromatic ring is 1. The third-order valence-corrected chi connectivity index (χ3v) is 3.65. The van der Waals surface area contributed by atoms with E-state index in [4.69, 9.17) is 10.5 Å². The zero-order valence-electron chi connectivity index (χ0n) is 11.3. The summed E-state index contributed by atoms with van der Waals surface area (Å²) in [7, 11) is 0. The molecule has 2 heterocycles. The molecule has 4 nitrogen and oxygen atoms in total. The molecule has 0 unspecified atom stereocenters. The highest BCUT2D eigenvalue weighted by Crippen LogP contribution is 2.24. The van der Waals surface area contributed by atoms with Crippen molar-refractivity contribution in [1.82, 2.24) is 4.98 Å². The molecule has 2 N–H and O–H groups in total. The van der Waals surface area contributed by atoms with Gasteiger partial charge >= 0.3 is 0 Å². The molecule has 5 heteroatoms. The number of nitrogens with two attached hydrogens (primary N) is 1. The monoisotopic (exact) mass is 277 g/mol. The van der Waals surface area contributed by atoms with E-state index in [0.29, 0.717) is 18.2 Å². The Morgan fingerprint density at radius 2 is 2.16 bits per heavy atom. The van der Waals surface area contributed by atoms with Crippen molar-refractivity contribution in [3.63, 3.8) is 0 Å². The lowest BCUT2D eigenvalue weighted by Gasteiger charge is -2.22. The van der Waals surface area contributed by atoms with Crippen molar-refractivity contribution in [3.05, 3.63) is 34.5 Å². The fourth-order valence-corrected chi connectivity index (χ4v) is 2.53. The number of rotatable bonds is 6. The van der Waals surface area contributed by atoms with Gasteiger partial charge in [-0.3, -0.25) is 0 Å². The summed E-state index contributed by atoms with van der Waals surface area (Å²) < 4.78 is 5.45. The molecule has 0 radical (unpaired) electrons. The molecule has 19 heavy (non-hydrogen) atoms. The van der Waals surface area contributed by atoms with Crippen molar-refractivity contribution in [2.75, 3.05) is 23.8 Å². The molecule has 0 saturated heterocycles. The average molecular weight is 277 g/mol. The maximum atomic E-state index is 5.85. The molecule has 0 atom stereocenters. The van der Waals surface area contributed by atoms with E-state index in [1.54, 1.807) is 11.3 Å². The minimum absolute atomic E-state index is 0.518. The minimum Gasteiger partial charge on any atom is -0.476 e. The Morgan fingerprint density at radius 1 is 1.32 bits per heavy atom. The predicted octanol–water partition coefficient (Wildman–Crippen LogP) is 3.15. The molecule has 0 aliphatic carbocycles. The van der Waals surface area contributed by atoms with Crippen molar-refractivity contribution in [1.29, 1.82) is 0 Å². The molecule has 0 saturated carbocycles. The van der Waals surface area contributed by atoms with Crippen LogP contribution in [0.2, 0.25) is 0 Å². The quantitative estimate of drug-likeness (QED) is 0.881. The van der Waals surface area contributed by atoms with Gasteiger partial charge in [0.1, 0.15) is 5.82 Å². The van der Waals surface area contributed by atoms with Gasteiger partial charge in [-0.15, -0.1) is 11.3 Å². The normalized spacial score (nSPS) is 10.4. The average Bonchev–Trinajstić information content (AvgIpc) is 2.92. The van der Waals surface area contributed by atoms with Crippen LogP contribution < -0.4 is 15.4 Å². The molecule has 0 spiro atoms. The van der Waals surface area contributed by atoms with Crippen LogP contribution in [0.1, 0.15) is 18.7 Å². The molecule has 0 bridgehead atoms. The lowest BCUT2D eigenvalue weighted by molar-refractivity contribution is 0.329. The van der Waals surface area contributed by atoms with Crippen LogP contribution >= 0.6 is 11.3 Å². The summed E-state index contributed by atoms with van der Waals surface area (Å²) in [6.45, 7) is 6.36. The van der Waals surface area contributed by atoms with E-state index in [-0.39, 0.29) is 0 Å². The van der Waals surface area contributed by atoms with Crippen molar-refractivity contribution >= 4 is 22.8 Å². The molecule has 102 valence electrons. The Hall–Kier alpha value is -1.75. The van der Waals surface area contributed by atoms with Gasteiger partial charge in [0.25, 0.3) is 0 Å². The first-order valence-corrected chi connectivity index (χ1v) is 7.29. The summed E-state index contributed by atoms with van der Waals surface area (Å²) in [6, 6.07) is 7.99. The number of anilines is 2. The Labute approximate surface area is 117 Å². The molecule has 2 rings (SSSR count). The fourth-order valence-electron chi connectivity index (χ4n) is 1.82. The van der Waals surface area contributed by atoms with E-state index >= 15 is 0 Å². The number of hydrogen-bond donors (Lipinski definition) is 1. The molecular weight excluding hydrogens is 258 g/mol. The summed E-state index contributed by atoms with van der Waals surface area (Å²) in [5.41, 5.74) is 6.43. The molecular formula is C14H19N3OS. The standard InChI is InChI=1S/C14H19N3OS/c1-3-17(10-11-6-5-9-19-11)13-8-7-12(15)14(16-13)18-4-2/h5-9H,3-4,10,15H2,1-2H3. The zero-order valence-corrected chi connectivity index (χ0v) is 12.1. The second-order valence-electron chi connectivity index (χ2n) is 4.09. The summed E-state index contributed by atoms with van der Waals surface area (Å²) in [5, 5.41) is 2.09. The zero-order chi connectivity index (χ0) is 13.7. The maximum absolute atomic E-state index is 5.85. The van der Waals surface area contributed by atoms with Gasteiger partial charge in [-0.05, 0) is 37.4 Å². The van der Waals surface area contributed by atoms with E-state index in [2.05, 4.69) is 34.3 Å². The van der Waals surface area contributed by atoms with E-state index in [1.165, 1.54) is 4.88 Å².